The van der Waals surface area contributed by atoms with Gasteiger partial charge in [0.05, 0.1) is 6.61 Å². The summed E-state index contributed by atoms with van der Waals surface area (Å²) in [4.78, 5) is 0. The molecule has 0 aromatic carbocycles. The van der Waals surface area contributed by atoms with E-state index >= 15 is 0 Å². The summed E-state index contributed by atoms with van der Waals surface area (Å²) in [5, 5.41) is 0. The zero-order valence-corrected chi connectivity index (χ0v) is 6.55. The normalized spacial score (nSPS) is 21.0. The zero-order valence-electron chi connectivity index (χ0n) is 6.55. The van der Waals surface area contributed by atoms with Crippen molar-refractivity contribution >= 4 is 0 Å². The summed E-state index contributed by atoms with van der Waals surface area (Å²) in [6.45, 7) is 2.89. The van der Waals surface area contributed by atoms with Gasteiger partial charge in [0.1, 0.15) is 5.76 Å². The van der Waals surface area contributed by atoms with Crippen molar-refractivity contribution in [2.45, 2.75) is 13.3 Å². The monoisotopic (exact) mass is 146 g/mol. The Morgan fingerprint density at radius 1 is 1.55 bits per heavy atom. The van der Waals surface area contributed by atoms with Crippen LogP contribution in [0.25, 0.3) is 0 Å². The molecule has 0 N–H and O–H groups in total. The van der Waals surface area contributed by atoms with Gasteiger partial charge in [-0.15, -0.1) is 5.73 Å². The second kappa shape index (κ2) is 2.44. The third-order valence-corrected chi connectivity index (χ3v) is 1.88. The summed E-state index contributed by atoms with van der Waals surface area (Å²) in [7, 11) is 0. The Balaban J connectivity index is 2.45. The largest absolute Gasteiger partial charge is 0.493 e. The molecule has 0 amide bonds. The fourth-order valence-corrected chi connectivity index (χ4v) is 1.34. The Morgan fingerprint density at radius 3 is 3.36 bits per heavy atom. The molecule has 1 saturated heterocycles. The van der Waals surface area contributed by atoms with Gasteiger partial charge in [0.25, 0.3) is 0 Å². The molecular formula is C10H10O. The van der Waals surface area contributed by atoms with Crippen molar-refractivity contribution in [3.8, 4) is 0 Å². The SMILES string of the molecule is CC1=C=CC=C2OCCC2=C1. The van der Waals surface area contributed by atoms with E-state index in [4.69, 9.17) is 4.74 Å². The van der Waals surface area contributed by atoms with Crippen LogP contribution in [0.3, 0.4) is 0 Å². The number of allylic oxidation sites excluding steroid dienone is 4. The molecule has 0 unspecified atom stereocenters. The van der Waals surface area contributed by atoms with Gasteiger partial charge in [-0.05, 0) is 36.3 Å². The molecule has 0 atom stereocenters. The van der Waals surface area contributed by atoms with Gasteiger partial charge in [0, 0.05) is 6.42 Å². The Labute approximate surface area is 66.4 Å². The number of hydrogen-bond donors (Lipinski definition) is 0. The first kappa shape index (κ1) is 6.51. The van der Waals surface area contributed by atoms with Crippen molar-refractivity contribution in [3.05, 3.63) is 40.9 Å². The number of fused-ring (bicyclic) bond motifs is 1. The number of rotatable bonds is 0. The lowest BCUT2D eigenvalue weighted by Gasteiger charge is -1.95. The molecule has 1 nitrogen and oxygen atoms in total. The van der Waals surface area contributed by atoms with E-state index in [1.807, 2.05) is 12.2 Å². The second-order valence-electron chi connectivity index (χ2n) is 2.79. The molecule has 0 spiro atoms. The Morgan fingerprint density at radius 2 is 2.45 bits per heavy atom. The van der Waals surface area contributed by atoms with Crippen LogP contribution in [0.5, 0.6) is 0 Å². The summed E-state index contributed by atoms with van der Waals surface area (Å²) < 4.78 is 5.39. The first-order valence-corrected chi connectivity index (χ1v) is 3.83. The van der Waals surface area contributed by atoms with Crippen LogP contribution in [0, 0.1) is 0 Å². The summed E-state index contributed by atoms with van der Waals surface area (Å²) in [5.74, 6) is 1.02. The number of hydrogen-bond acceptors (Lipinski definition) is 1. The molecule has 1 aliphatic heterocycles. The van der Waals surface area contributed by atoms with Crippen LogP contribution in [-0.2, 0) is 4.74 Å². The van der Waals surface area contributed by atoms with E-state index in [-0.39, 0.29) is 0 Å². The van der Waals surface area contributed by atoms with E-state index in [9.17, 15) is 0 Å². The first-order chi connectivity index (χ1) is 5.36. The van der Waals surface area contributed by atoms with Crippen molar-refractivity contribution < 1.29 is 4.74 Å². The van der Waals surface area contributed by atoms with E-state index < -0.39 is 0 Å². The molecule has 2 aliphatic rings. The van der Waals surface area contributed by atoms with Crippen LogP contribution in [0.4, 0.5) is 0 Å². The fourth-order valence-electron chi connectivity index (χ4n) is 1.34. The minimum Gasteiger partial charge on any atom is -0.493 e. The third-order valence-electron chi connectivity index (χ3n) is 1.88. The molecule has 0 bridgehead atoms. The Kier molecular flexibility index (Phi) is 1.45. The topological polar surface area (TPSA) is 9.23 Å². The molecule has 0 radical (unpaired) electrons. The van der Waals surface area contributed by atoms with Crippen molar-refractivity contribution in [3.63, 3.8) is 0 Å². The standard InChI is InChI=1S/C10H10O/c1-8-3-2-4-10-9(7-8)5-6-11-10/h2,4,7H,5-6H2,1H3. The maximum absolute atomic E-state index is 5.39. The zero-order chi connectivity index (χ0) is 7.68. The number of ether oxygens (including phenoxy) is 1. The highest BCUT2D eigenvalue weighted by Gasteiger charge is 2.14. The van der Waals surface area contributed by atoms with Crippen LogP contribution in [0.1, 0.15) is 13.3 Å². The van der Waals surface area contributed by atoms with Crippen LogP contribution in [0.15, 0.2) is 40.9 Å². The average Bonchev–Trinajstić information content (AvgIpc) is 2.31. The second-order valence-corrected chi connectivity index (χ2v) is 2.79. The Hall–Kier alpha value is -1.20. The van der Waals surface area contributed by atoms with Gasteiger partial charge < -0.3 is 4.74 Å². The van der Waals surface area contributed by atoms with Crippen molar-refractivity contribution in [2.24, 2.45) is 0 Å². The molecule has 1 heteroatoms. The lowest BCUT2D eigenvalue weighted by atomic mass is 10.1. The van der Waals surface area contributed by atoms with E-state index in [2.05, 4.69) is 18.7 Å². The van der Waals surface area contributed by atoms with Gasteiger partial charge in [-0.25, -0.2) is 0 Å². The van der Waals surface area contributed by atoms with E-state index in [1.54, 1.807) is 0 Å². The molecule has 0 saturated carbocycles. The fraction of sp³-hybridized carbons (Fsp3) is 0.300. The molecule has 1 fully saturated rings. The lowest BCUT2D eigenvalue weighted by molar-refractivity contribution is 0.266. The van der Waals surface area contributed by atoms with E-state index in [0.717, 1.165) is 18.8 Å². The quantitative estimate of drug-likeness (QED) is 0.476. The predicted octanol–water partition coefficient (Wildman–Crippen LogP) is 2.33. The van der Waals surface area contributed by atoms with Crippen LogP contribution in [0.2, 0.25) is 0 Å². The van der Waals surface area contributed by atoms with Crippen molar-refractivity contribution in [1.29, 1.82) is 0 Å². The summed E-state index contributed by atoms with van der Waals surface area (Å²) in [5.41, 5.74) is 5.62. The van der Waals surface area contributed by atoms with Crippen molar-refractivity contribution in [1.82, 2.24) is 0 Å². The van der Waals surface area contributed by atoms with E-state index in [1.165, 1.54) is 11.1 Å². The van der Waals surface area contributed by atoms with Gasteiger partial charge in [-0.2, -0.15) is 0 Å². The summed E-state index contributed by atoms with van der Waals surface area (Å²) in [6.07, 6.45) is 7.08. The Bertz CT molecular complexity index is 299. The molecule has 2 rings (SSSR count). The minimum atomic E-state index is 0.832. The van der Waals surface area contributed by atoms with Crippen LogP contribution >= 0.6 is 0 Å². The highest BCUT2D eigenvalue weighted by molar-refractivity contribution is 5.39. The highest BCUT2D eigenvalue weighted by atomic mass is 16.5. The highest BCUT2D eigenvalue weighted by Crippen LogP contribution is 2.25. The smallest absolute Gasteiger partial charge is 0.123 e. The molecule has 11 heavy (non-hydrogen) atoms. The molecule has 1 aliphatic carbocycles. The molecule has 56 valence electrons. The summed E-state index contributed by atoms with van der Waals surface area (Å²) >= 11 is 0. The predicted molar refractivity (Wildman–Crippen MR) is 44.0 cm³/mol. The molecule has 0 aromatic heterocycles. The van der Waals surface area contributed by atoms with Gasteiger partial charge in [0.15, 0.2) is 0 Å². The van der Waals surface area contributed by atoms with Crippen molar-refractivity contribution in [2.75, 3.05) is 6.61 Å². The third kappa shape index (κ3) is 1.15. The molecular weight excluding hydrogens is 136 g/mol. The lowest BCUT2D eigenvalue weighted by Crippen LogP contribution is -1.79. The first-order valence-electron chi connectivity index (χ1n) is 3.83. The van der Waals surface area contributed by atoms with Gasteiger partial charge >= 0.3 is 0 Å². The maximum Gasteiger partial charge on any atom is 0.123 e. The molecule has 0 aromatic rings. The van der Waals surface area contributed by atoms with Gasteiger partial charge in [0.2, 0.25) is 0 Å². The minimum absolute atomic E-state index is 0.832. The van der Waals surface area contributed by atoms with Gasteiger partial charge in [-0.1, -0.05) is 0 Å². The maximum atomic E-state index is 5.39. The van der Waals surface area contributed by atoms with Crippen LogP contribution < -0.4 is 0 Å². The van der Waals surface area contributed by atoms with Crippen LogP contribution in [-0.4, -0.2) is 6.61 Å². The average molecular weight is 146 g/mol. The van der Waals surface area contributed by atoms with Gasteiger partial charge in [-0.3, -0.25) is 0 Å². The molecule has 1 heterocycles. The van der Waals surface area contributed by atoms with E-state index in [0.29, 0.717) is 0 Å². The summed E-state index contributed by atoms with van der Waals surface area (Å²) in [6, 6.07) is 0.